The van der Waals surface area contributed by atoms with Crippen LogP contribution in [0.5, 0.6) is 0 Å². The molecule has 0 saturated carbocycles. The summed E-state index contributed by atoms with van der Waals surface area (Å²) in [6.45, 7) is 5.22. The van der Waals surface area contributed by atoms with Crippen LogP contribution in [0.3, 0.4) is 0 Å². The Morgan fingerprint density at radius 2 is 2.29 bits per heavy atom. The molecule has 6 nitrogen and oxygen atoms in total. The third-order valence-corrected chi connectivity index (χ3v) is 3.73. The molecule has 0 radical (unpaired) electrons. The maximum absolute atomic E-state index is 11.4. The minimum Gasteiger partial charge on any atom is -0.338 e. The molecule has 1 aromatic heterocycles. The molecular formula is C10H18N4O2Si. The van der Waals surface area contributed by atoms with Crippen molar-refractivity contribution in [1.82, 2.24) is 15.3 Å². The van der Waals surface area contributed by atoms with Crippen LogP contribution in [0.4, 0.5) is 10.6 Å². The van der Waals surface area contributed by atoms with Crippen molar-refractivity contribution in [2.75, 3.05) is 11.9 Å². The van der Waals surface area contributed by atoms with Gasteiger partial charge in [0.25, 0.3) is 0 Å². The number of nitrogens with one attached hydrogen (secondary N) is 3. The van der Waals surface area contributed by atoms with Crippen molar-refractivity contribution >= 4 is 20.6 Å². The number of amides is 2. The number of aromatic amines is 1. The Bertz CT molecular complexity index is 419. The van der Waals surface area contributed by atoms with Gasteiger partial charge in [-0.2, -0.15) is 0 Å². The molecule has 0 aliphatic carbocycles. The van der Waals surface area contributed by atoms with Crippen molar-refractivity contribution in [1.29, 1.82) is 0 Å². The Morgan fingerprint density at radius 3 is 2.94 bits per heavy atom. The monoisotopic (exact) mass is 254 g/mol. The molecule has 1 aromatic rings. The number of carbonyl (C=O) groups excluding carboxylic acids is 1. The normalized spacial score (nSPS) is 10.3. The van der Waals surface area contributed by atoms with E-state index in [-0.39, 0.29) is 6.03 Å². The van der Waals surface area contributed by atoms with E-state index in [1.54, 1.807) is 0 Å². The van der Waals surface area contributed by atoms with E-state index in [0.717, 1.165) is 6.42 Å². The molecule has 0 bridgehead atoms. The first-order chi connectivity index (χ1) is 8.08. The van der Waals surface area contributed by atoms with E-state index in [2.05, 4.69) is 33.7 Å². The van der Waals surface area contributed by atoms with Gasteiger partial charge in [0.2, 0.25) is 0 Å². The van der Waals surface area contributed by atoms with Crippen LogP contribution in [0.1, 0.15) is 6.42 Å². The van der Waals surface area contributed by atoms with Gasteiger partial charge in [-0.05, 0) is 12.5 Å². The van der Waals surface area contributed by atoms with Crippen molar-refractivity contribution < 1.29 is 4.79 Å². The minimum atomic E-state index is -0.536. The zero-order valence-corrected chi connectivity index (χ0v) is 11.3. The molecule has 0 atom stereocenters. The van der Waals surface area contributed by atoms with Crippen LogP contribution in [-0.4, -0.2) is 31.3 Å². The van der Waals surface area contributed by atoms with Gasteiger partial charge in [-0.25, -0.2) is 14.6 Å². The second kappa shape index (κ2) is 6.84. The number of H-pyrrole nitrogens is 1. The Kier molecular flexibility index (Phi) is 5.41. The molecule has 1 heterocycles. The number of nitrogens with zero attached hydrogens (tertiary/aromatic N) is 1. The van der Waals surface area contributed by atoms with Gasteiger partial charge < -0.3 is 5.32 Å². The lowest BCUT2D eigenvalue weighted by Crippen LogP contribution is -2.31. The molecule has 0 fully saturated rings. The fourth-order valence-electron chi connectivity index (χ4n) is 1.32. The number of aromatic nitrogens is 2. The lowest BCUT2D eigenvalue weighted by Gasteiger charge is -2.07. The van der Waals surface area contributed by atoms with Crippen LogP contribution in [0, 0.1) is 0 Å². The third-order valence-electron chi connectivity index (χ3n) is 2.17. The van der Waals surface area contributed by atoms with Crippen molar-refractivity contribution in [2.45, 2.75) is 25.6 Å². The maximum Gasteiger partial charge on any atom is 0.346 e. The lowest BCUT2D eigenvalue weighted by atomic mass is 10.5. The molecule has 0 saturated heterocycles. The van der Waals surface area contributed by atoms with Crippen molar-refractivity contribution in [2.24, 2.45) is 0 Å². The highest BCUT2D eigenvalue weighted by atomic mass is 28.3. The second-order valence-corrected chi connectivity index (χ2v) is 7.57. The summed E-state index contributed by atoms with van der Waals surface area (Å²) < 4.78 is 0. The number of hydrogen-bond donors (Lipinski definition) is 3. The van der Waals surface area contributed by atoms with E-state index in [1.165, 1.54) is 18.3 Å². The van der Waals surface area contributed by atoms with Gasteiger partial charge in [0.1, 0.15) is 5.82 Å². The predicted octanol–water partition coefficient (Wildman–Crippen LogP) is 0.768. The van der Waals surface area contributed by atoms with Gasteiger partial charge in [0.05, 0.1) is 0 Å². The summed E-state index contributed by atoms with van der Waals surface area (Å²) in [6, 6.07) is 2.44. The standard InChI is InChI=1S/C10H18N4O2Si/c1-17(2)7-3-5-11-9(15)13-8-4-6-12-10(16)14-8/h4,6,17H,3,5,7H2,1-2H3,(H3,11,12,13,14,15,16). The molecule has 0 aliphatic rings. The number of hydrogen-bond acceptors (Lipinski definition) is 3. The summed E-state index contributed by atoms with van der Waals surface area (Å²) in [6.07, 6.45) is 2.35. The number of urea groups is 1. The molecule has 0 unspecified atom stereocenters. The van der Waals surface area contributed by atoms with Crippen molar-refractivity contribution in [3.63, 3.8) is 0 Å². The molecular weight excluding hydrogens is 236 g/mol. The van der Waals surface area contributed by atoms with Gasteiger partial charge in [-0.15, -0.1) is 0 Å². The van der Waals surface area contributed by atoms with E-state index in [0.29, 0.717) is 12.4 Å². The first-order valence-electron chi connectivity index (χ1n) is 5.68. The quantitative estimate of drug-likeness (QED) is 0.536. The van der Waals surface area contributed by atoms with E-state index in [4.69, 9.17) is 0 Å². The zero-order valence-electron chi connectivity index (χ0n) is 10.1. The fraction of sp³-hybridized carbons (Fsp3) is 0.500. The third kappa shape index (κ3) is 5.86. The summed E-state index contributed by atoms with van der Waals surface area (Å²) in [5, 5.41) is 5.27. The molecule has 94 valence electrons. The molecule has 1 rings (SSSR count). The van der Waals surface area contributed by atoms with E-state index in [9.17, 15) is 9.59 Å². The van der Waals surface area contributed by atoms with Crippen LogP contribution in [0.15, 0.2) is 17.1 Å². The van der Waals surface area contributed by atoms with Gasteiger partial charge in [-0.1, -0.05) is 19.1 Å². The van der Waals surface area contributed by atoms with E-state index < -0.39 is 14.5 Å². The van der Waals surface area contributed by atoms with E-state index >= 15 is 0 Å². The Morgan fingerprint density at radius 1 is 1.53 bits per heavy atom. The van der Waals surface area contributed by atoms with Crippen molar-refractivity contribution in [3.05, 3.63) is 22.7 Å². The Balaban J connectivity index is 2.28. The highest BCUT2D eigenvalue weighted by Crippen LogP contribution is 1.97. The summed E-state index contributed by atoms with van der Waals surface area (Å²) in [4.78, 5) is 28.2. The molecule has 2 amide bonds. The maximum atomic E-state index is 11.4. The Labute approximate surface area is 101 Å². The zero-order chi connectivity index (χ0) is 12.7. The number of carbonyl (C=O) groups is 1. The smallest absolute Gasteiger partial charge is 0.338 e. The largest absolute Gasteiger partial charge is 0.346 e. The van der Waals surface area contributed by atoms with Gasteiger partial charge in [-0.3, -0.25) is 10.3 Å². The first-order valence-corrected chi connectivity index (χ1v) is 8.80. The highest BCUT2D eigenvalue weighted by Gasteiger charge is 2.02. The molecule has 17 heavy (non-hydrogen) atoms. The number of anilines is 1. The topological polar surface area (TPSA) is 86.9 Å². The van der Waals surface area contributed by atoms with Crippen LogP contribution < -0.4 is 16.3 Å². The van der Waals surface area contributed by atoms with Crippen LogP contribution in [-0.2, 0) is 0 Å². The average Bonchev–Trinajstić information content (AvgIpc) is 2.24. The molecule has 0 aromatic carbocycles. The van der Waals surface area contributed by atoms with Gasteiger partial charge in [0.15, 0.2) is 0 Å². The average molecular weight is 254 g/mol. The fourth-order valence-corrected chi connectivity index (χ4v) is 2.34. The van der Waals surface area contributed by atoms with Gasteiger partial charge >= 0.3 is 11.7 Å². The minimum absolute atomic E-state index is 0.308. The van der Waals surface area contributed by atoms with Crippen LogP contribution in [0.25, 0.3) is 0 Å². The summed E-state index contributed by atoms with van der Waals surface area (Å²) in [5.74, 6) is 0.348. The van der Waals surface area contributed by atoms with Crippen molar-refractivity contribution in [3.8, 4) is 0 Å². The molecule has 0 spiro atoms. The van der Waals surface area contributed by atoms with Crippen LogP contribution >= 0.6 is 0 Å². The summed E-state index contributed by atoms with van der Waals surface area (Å²) >= 11 is 0. The highest BCUT2D eigenvalue weighted by molar-refractivity contribution is 6.55. The molecule has 7 heteroatoms. The second-order valence-electron chi connectivity index (χ2n) is 4.21. The summed E-state index contributed by atoms with van der Waals surface area (Å²) in [5.41, 5.74) is -0.478. The first kappa shape index (κ1) is 13.4. The SMILES string of the molecule is C[SiH](C)CCCNC(=O)Nc1ccnc(=O)[nH]1. The number of rotatable bonds is 5. The molecule has 3 N–H and O–H groups in total. The van der Waals surface area contributed by atoms with Gasteiger partial charge in [0, 0.05) is 21.5 Å². The van der Waals surface area contributed by atoms with E-state index in [1.807, 2.05) is 0 Å². The molecule has 0 aliphatic heterocycles. The predicted molar refractivity (Wildman–Crippen MR) is 70.2 cm³/mol. The summed E-state index contributed by atoms with van der Waals surface area (Å²) in [7, 11) is -0.536. The lowest BCUT2D eigenvalue weighted by molar-refractivity contribution is 0.252. The Hall–Kier alpha value is -1.63. The van der Waals surface area contributed by atoms with Crippen LogP contribution in [0.2, 0.25) is 19.1 Å².